The summed E-state index contributed by atoms with van der Waals surface area (Å²) in [7, 11) is 3.48. The zero-order valence-electron chi connectivity index (χ0n) is 15.6. The highest BCUT2D eigenvalue weighted by Crippen LogP contribution is 2.24. The molecule has 1 heterocycles. The van der Waals surface area contributed by atoms with Gasteiger partial charge in [-0.2, -0.15) is 5.10 Å². The van der Waals surface area contributed by atoms with Gasteiger partial charge in [0.25, 0.3) is 0 Å². The predicted molar refractivity (Wildman–Crippen MR) is 106 cm³/mol. The Morgan fingerprint density at radius 3 is 2.48 bits per heavy atom. The van der Waals surface area contributed by atoms with Gasteiger partial charge in [-0.3, -0.25) is 4.79 Å². The van der Waals surface area contributed by atoms with Crippen molar-refractivity contribution >= 4 is 17.7 Å². The molecule has 1 unspecified atom stereocenters. The molecular weight excluding hydrogens is 360 g/mol. The second-order valence-electron chi connectivity index (χ2n) is 6.08. The summed E-state index contributed by atoms with van der Waals surface area (Å²) in [5, 5.41) is 4.12. The fourth-order valence-corrected chi connectivity index (χ4v) is 3.43. The minimum absolute atomic E-state index is 0.0150. The second-order valence-corrected chi connectivity index (χ2v) is 7.13. The zero-order valence-corrected chi connectivity index (χ0v) is 16.4. The van der Waals surface area contributed by atoms with Gasteiger partial charge in [0.05, 0.1) is 24.6 Å². The van der Waals surface area contributed by atoms with Crippen LogP contribution in [0.3, 0.4) is 0 Å². The van der Waals surface area contributed by atoms with E-state index in [1.807, 2.05) is 62.5 Å². The number of carbonyl (C=O) groups excluding carboxylic acids is 1. The Bertz CT molecular complexity index is 864. The predicted octanol–water partition coefficient (Wildman–Crippen LogP) is 3.59. The average Bonchev–Trinajstić information content (AvgIpc) is 3.26. The highest BCUT2D eigenvalue weighted by molar-refractivity contribution is 8.00. The Kier molecular flexibility index (Phi) is 6.13. The molecule has 6 nitrogen and oxygen atoms in total. The summed E-state index contributed by atoms with van der Waals surface area (Å²) >= 11 is 1.52. The van der Waals surface area contributed by atoms with Crippen LogP contribution in [0.15, 0.2) is 66.1 Å². The minimum atomic E-state index is -0.0150. The van der Waals surface area contributed by atoms with Gasteiger partial charge in [-0.25, -0.2) is 9.67 Å². The molecule has 0 spiro atoms. The largest absolute Gasteiger partial charge is 0.497 e. The summed E-state index contributed by atoms with van der Waals surface area (Å²) in [6, 6.07) is 15.7. The Labute approximate surface area is 163 Å². The summed E-state index contributed by atoms with van der Waals surface area (Å²) in [5.41, 5.74) is 2.01. The monoisotopic (exact) mass is 382 g/mol. The van der Waals surface area contributed by atoms with Crippen molar-refractivity contribution in [2.75, 3.05) is 19.9 Å². The highest BCUT2D eigenvalue weighted by Gasteiger charge is 2.17. The van der Waals surface area contributed by atoms with Crippen molar-refractivity contribution in [2.24, 2.45) is 0 Å². The van der Waals surface area contributed by atoms with Crippen molar-refractivity contribution in [1.82, 2.24) is 19.7 Å². The van der Waals surface area contributed by atoms with Crippen molar-refractivity contribution < 1.29 is 9.53 Å². The van der Waals surface area contributed by atoms with Gasteiger partial charge in [0.15, 0.2) is 0 Å². The summed E-state index contributed by atoms with van der Waals surface area (Å²) in [6.07, 6.45) is 3.16. The molecule has 27 heavy (non-hydrogen) atoms. The van der Waals surface area contributed by atoms with Crippen molar-refractivity contribution in [3.8, 4) is 11.4 Å². The normalized spacial score (nSPS) is 11.8. The van der Waals surface area contributed by atoms with Crippen LogP contribution in [0.25, 0.3) is 5.69 Å². The van der Waals surface area contributed by atoms with Crippen LogP contribution in [0, 0.1) is 0 Å². The molecule has 0 aliphatic rings. The number of hydrogen-bond acceptors (Lipinski definition) is 5. The van der Waals surface area contributed by atoms with Crippen molar-refractivity contribution in [3.05, 3.63) is 66.7 Å². The smallest absolute Gasteiger partial charge is 0.233 e. The van der Waals surface area contributed by atoms with E-state index in [0.717, 1.165) is 21.9 Å². The van der Waals surface area contributed by atoms with Crippen LogP contribution in [0.4, 0.5) is 0 Å². The number of amides is 1. The minimum Gasteiger partial charge on any atom is -0.497 e. The molecule has 140 valence electrons. The number of thioether (sulfide) groups is 1. The lowest BCUT2D eigenvalue weighted by Gasteiger charge is -2.25. The molecule has 0 aliphatic carbocycles. The quantitative estimate of drug-likeness (QED) is 0.585. The van der Waals surface area contributed by atoms with Crippen LogP contribution in [0.5, 0.6) is 5.75 Å². The Morgan fingerprint density at radius 2 is 1.89 bits per heavy atom. The molecule has 2 aromatic carbocycles. The fraction of sp³-hybridized carbons (Fsp3) is 0.250. The van der Waals surface area contributed by atoms with E-state index < -0.39 is 0 Å². The number of carbonyl (C=O) groups is 1. The lowest BCUT2D eigenvalue weighted by atomic mass is 10.1. The molecule has 3 rings (SSSR count). The Morgan fingerprint density at radius 1 is 1.19 bits per heavy atom. The van der Waals surface area contributed by atoms with Crippen LogP contribution < -0.4 is 4.74 Å². The standard InChI is InChI=1S/C20H22N4O2S/c1-15(16-4-6-17(7-5-16)24-14-21-13-22-24)23(2)20(25)12-27-19-10-8-18(26-3)9-11-19/h4-11,13-15H,12H2,1-3H3. The topological polar surface area (TPSA) is 60.2 Å². The summed E-state index contributed by atoms with van der Waals surface area (Å²) in [4.78, 5) is 19.3. The zero-order chi connectivity index (χ0) is 19.2. The van der Waals surface area contributed by atoms with Gasteiger partial charge in [0.1, 0.15) is 18.4 Å². The number of rotatable bonds is 7. The SMILES string of the molecule is COc1ccc(SCC(=O)N(C)C(C)c2ccc(-n3cncn3)cc2)cc1. The molecule has 0 radical (unpaired) electrons. The molecule has 0 fully saturated rings. The number of nitrogens with zero attached hydrogens (tertiary/aromatic N) is 4. The van der Waals surface area contributed by atoms with E-state index in [0.29, 0.717) is 5.75 Å². The molecule has 0 bridgehead atoms. The first-order valence-electron chi connectivity index (χ1n) is 8.56. The molecule has 3 aromatic rings. The molecule has 0 N–H and O–H groups in total. The average molecular weight is 382 g/mol. The van der Waals surface area contributed by atoms with Gasteiger partial charge in [0, 0.05) is 11.9 Å². The van der Waals surface area contributed by atoms with E-state index in [1.165, 1.54) is 18.1 Å². The first kappa shape index (κ1) is 19.0. The van der Waals surface area contributed by atoms with Gasteiger partial charge < -0.3 is 9.64 Å². The van der Waals surface area contributed by atoms with E-state index in [4.69, 9.17) is 4.74 Å². The van der Waals surface area contributed by atoms with E-state index in [-0.39, 0.29) is 11.9 Å². The molecule has 1 amide bonds. The second kappa shape index (κ2) is 8.73. The van der Waals surface area contributed by atoms with Gasteiger partial charge in [-0.1, -0.05) is 12.1 Å². The van der Waals surface area contributed by atoms with E-state index >= 15 is 0 Å². The van der Waals surface area contributed by atoms with Gasteiger partial charge in [-0.05, 0) is 48.9 Å². The molecule has 7 heteroatoms. The number of hydrogen-bond donors (Lipinski definition) is 0. The van der Waals surface area contributed by atoms with E-state index in [2.05, 4.69) is 10.1 Å². The third kappa shape index (κ3) is 4.68. The molecule has 0 aliphatic heterocycles. The third-order valence-corrected chi connectivity index (χ3v) is 5.45. The van der Waals surface area contributed by atoms with Crippen molar-refractivity contribution in [1.29, 1.82) is 0 Å². The van der Waals surface area contributed by atoms with Gasteiger partial charge in [-0.15, -0.1) is 11.8 Å². The first-order valence-corrected chi connectivity index (χ1v) is 9.54. The number of ether oxygens (including phenoxy) is 1. The van der Waals surface area contributed by atoms with Crippen molar-refractivity contribution in [3.63, 3.8) is 0 Å². The maximum absolute atomic E-state index is 12.6. The summed E-state index contributed by atoms with van der Waals surface area (Å²) in [6.45, 7) is 2.03. The third-order valence-electron chi connectivity index (χ3n) is 4.45. The van der Waals surface area contributed by atoms with E-state index in [1.54, 1.807) is 23.0 Å². The number of benzene rings is 2. The van der Waals surface area contributed by atoms with Crippen LogP contribution >= 0.6 is 11.8 Å². The van der Waals surface area contributed by atoms with Crippen LogP contribution in [0.1, 0.15) is 18.5 Å². The summed E-state index contributed by atoms with van der Waals surface area (Å²) < 4.78 is 6.86. The first-order chi connectivity index (χ1) is 13.1. The Hall–Kier alpha value is -2.80. The van der Waals surface area contributed by atoms with Crippen LogP contribution in [-0.4, -0.2) is 45.5 Å². The molecular formula is C20H22N4O2S. The molecule has 1 aromatic heterocycles. The summed E-state index contributed by atoms with van der Waals surface area (Å²) in [5.74, 6) is 1.29. The van der Waals surface area contributed by atoms with Gasteiger partial charge in [0.2, 0.25) is 5.91 Å². The van der Waals surface area contributed by atoms with Crippen molar-refractivity contribution in [2.45, 2.75) is 17.9 Å². The molecule has 0 saturated carbocycles. The number of methoxy groups -OCH3 is 1. The lowest BCUT2D eigenvalue weighted by molar-refractivity contribution is -0.128. The molecule has 0 saturated heterocycles. The molecule has 1 atom stereocenters. The lowest BCUT2D eigenvalue weighted by Crippen LogP contribution is -2.31. The fourth-order valence-electron chi connectivity index (χ4n) is 2.61. The van der Waals surface area contributed by atoms with E-state index in [9.17, 15) is 4.79 Å². The number of aromatic nitrogens is 3. The maximum atomic E-state index is 12.6. The highest BCUT2D eigenvalue weighted by atomic mass is 32.2. The van der Waals surface area contributed by atoms with Crippen LogP contribution in [0.2, 0.25) is 0 Å². The Balaban J connectivity index is 1.58. The maximum Gasteiger partial charge on any atom is 0.233 e. The van der Waals surface area contributed by atoms with Crippen LogP contribution in [-0.2, 0) is 4.79 Å². The van der Waals surface area contributed by atoms with Gasteiger partial charge >= 0.3 is 0 Å².